The Balaban J connectivity index is 1.71. The number of carbonyl (C=O) groups is 1. The van der Waals surface area contributed by atoms with Crippen LogP contribution in [-0.4, -0.2) is 37.9 Å². The zero-order valence-electron chi connectivity index (χ0n) is 13.1. The Bertz CT molecular complexity index is 956. The van der Waals surface area contributed by atoms with Gasteiger partial charge in [0.2, 0.25) is 0 Å². The first-order chi connectivity index (χ1) is 12.0. The largest absolute Gasteiger partial charge is 0.391 e. The van der Waals surface area contributed by atoms with E-state index in [9.17, 15) is 18.7 Å². The van der Waals surface area contributed by atoms with E-state index in [1.807, 2.05) is 0 Å². The summed E-state index contributed by atoms with van der Waals surface area (Å²) in [6, 6.07) is 5.78. The van der Waals surface area contributed by atoms with Crippen molar-refractivity contribution in [3.63, 3.8) is 0 Å². The highest BCUT2D eigenvalue weighted by atomic mass is 19.1. The van der Waals surface area contributed by atoms with Gasteiger partial charge in [-0.3, -0.25) is 4.79 Å². The predicted molar refractivity (Wildman–Crippen MR) is 86.0 cm³/mol. The lowest BCUT2D eigenvalue weighted by molar-refractivity contribution is 0.0713. The molecule has 0 saturated carbocycles. The van der Waals surface area contributed by atoms with Crippen molar-refractivity contribution in [3.05, 3.63) is 71.7 Å². The van der Waals surface area contributed by atoms with Crippen LogP contribution in [0.4, 0.5) is 8.78 Å². The molecule has 1 aliphatic rings. The minimum absolute atomic E-state index is 0.0709. The van der Waals surface area contributed by atoms with Crippen LogP contribution in [0.2, 0.25) is 0 Å². The number of carbonyl (C=O) groups excluding carboxylic acids is 1. The molecule has 7 heteroatoms. The van der Waals surface area contributed by atoms with Crippen molar-refractivity contribution in [1.29, 1.82) is 0 Å². The third-order valence-electron chi connectivity index (χ3n) is 4.49. The minimum Gasteiger partial charge on any atom is -0.391 e. The summed E-state index contributed by atoms with van der Waals surface area (Å²) in [5.74, 6) is -1.52. The average molecular weight is 343 g/mol. The molecule has 4 rings (SSSR count). The molecule has 1 aromatic carbocycles. The zero-order chi connectivity index (χ0) is 17.6. The maximum absolute atomic E-state index is 14.2. The monoisotopic (exact) mass is 343 g/mol. The van der Waals surface area contributed by atoms with Crippen LogP contribution in [0.5, 0.6) is 0 Å². The molecule has 1 saturated heterocycles. The second kappa shape index (κ2) is 5.93. The number of rotatable bonds is 2. The summed E-state index contributed by atoms with van der Waals surface area (Å²) in [7, 11) is 0. The number of likely N-dealkylation sites (tertiary alicyclic amines) is 1. The highest BCUT2D eigenvalue weighted by Gasteiger charge is 2.37. The molecule has 128 valence electrons. The molecule has 25 heavy (non-hydrogen) atoms. The number of benzene rings is 1. The maximum Gasteiger partial charge on any atom is 0.255 e. The molecule has 2 aromatic heterocycles. The van der Waals surface area contributed by atoms with Gasteiger partial charge in [0.1, 0.15) is 17.3 Å². The van der Waals surface area contributed by atoms with Crippen molar-refractivity contribution in [1.82, 2.24) is 14.3 Å². The molecule has 1 fully saturated rings. The Morgan fingerprint density at radius 3 is 2.92 bits per heavy atom. The van der Waals surface area contributed by atoms with Crippen LogP contribution in [0.25, 0.3) is 5.65 Å². The molecular formula is C18H15F2N3O2. The topological polar surface area (TPSA) is 57.8 Å². The van der Waals surface area contributed by atoms with E-state index < -0.39 is 23.8 Å². The number of hydrogen-bond acceptors (Lipinski definition) is 3. The normalized spacial score (nSPS) is 20.4. The predicted octanol–water partition coefficient (Wildman–Crippen LogP) is 2.56. The summed E-state index contributed by atoms with van der Waals surface area (Å²) in [5.41, 5.74) is 1.17. The summed E-state index contributed by atoms with van der Waals surface area (Å²) < 4.78 is 29.4. The van der Waals surface area contributed by atoms with Gasteiger partial charge in [0.05, 0.1) is 17.7 Å². The van der Waals surface area contributed by atoms with E-state index in [1.165, 1.54) is 4.90 Å². The Morgan fingerprint density at radius 2 is 2.08 bits per heavy atom. The molecule has 0 radical (unpaired) electrons. The molecule has 3 heterocycles. The van der Waals surface area contributed by atoms with Crippen molar-refractivity contribution < 1.29 is 18.7 Å². The highest BCUT2D eigenvalue weighted by molar-refractivity contribution is 5.94. The van der Waals surface area contributed by atoms with Crippen molar-refractivity contribution in [3.8, 4) is 0 Å². The van der Waals surface area contributed by atoms with Crippen LogP contribution in [-0.2, 0) is 0 Å². The summed E-state index contributed by atoms with van der Waals surface area (Å²) in [6.45, 7) is 0.0709. The van der Waals surface area contributed by atoms with Gasteiger partial charge in [-0.1, -0.05) is 0 Å². The van der Waals surface area contributed by atoms with Crippen LogP contribution < -0.4 is 0 Å². The molecule has 1 aliphatic heterocycles. The van der Waals surface area contributed by atoms with E-state index in [-0.39, 0.29) is 24.4 Å². The minimum atomic E-state index is -0.784. The van der Waals surface area contributed by atoms with Crippen LogP contribution in [0.15, 0.2) is 48.9 Å². The van der Waals surface area contributed by atoms with Gasteiger partial charge in [-0.15, -0.1) is 0 Å². The fourth-order valence-corrected chi connectivity index (χ4v) is 3.32. The van der Waals surface area contributed by atoms with Crippen molar-refractivity contribution >= 4 is 11.6 Å². The van der Waals surface area contributed by atoms with E-state index in [0.29, 0.717) is 11.2 Å². The van der Waals surface area contributed by atoms with Gasteiger partial charge in [0.15, 0.2) is 0 Å². The zero-order valence-corrected chi connectivity index (χ0v) is 13.1. The maximum atomic E-state index is 14.2. The molecule has 5 nitrogen and oxygen atoms in total. The third kappa shape index (κ3) is 2.76. The Labute approximate surface area is 142 Å². The second-order valence-electron chi connectivity index (χ2n) is 6.14. The second-order valence-corrected chi connectivity index (χ2v) is 6.14. The first-order valence-electron chi connectivity index (χ1n) is 7.89. The van der Waals surface area contributed by atoms with Crippen molar-refractivity contribution in [2.24, 2.45) is 0 Å². The van der Waals surface area contributed by atoms with Crippen LogP contribution in [0.1, 0.15) is 28.4 Å². The molecule has 1 N–H and O–H groups in total. The van der Waals surface area contributed by atoms with Gasteiger partial charge in [-0.2, -0.15) is 0 Å². The average Bonchev–Trinajstić information content (AvgIpc) is 3.22. The lowest BCUT2D eigenvalue weighted by Crippen LogP contribution is -2.32. The molecule has 0 unspecified atom stereocenters. The number of aromatic nitrogens is 2. The van der Waals surface area contributed by atoms with Gasteiger partial charge in [0, 0.05) is 30.7 Å². The Hall–Kier alpha value is -2.80. The van der Waals surface area contributed by atoms with Crippen LogP contribution in [0.3, 0.4) is 0 Å². The molecule has 0 spiro atoms. The standard InChI is InChI=1S/C18H15F2N3O2/c19-12-2-3-15(20)14(7-12)16-8-13(24)10-23(16)18(25)11-1-4-17-21-5-6-22(17)9-11/h1-7,9,13,16,24H,8,10H2/t13-,16-/m0/s1. The van der Waals surface area contributed by atoms with Gasteiger partial charge in [0.25, 0.3) is 5.91 Å². The van der Waals surface area contributed by atoms with Crippen LogP contribution >= 0.6 is 0 Å². The van der Waals surface area contributed by atoms with E-state index in [1.54, 1.807) is 35.1 Å². The number of aliphatic hydroxyl groups is 1. The van der Waals surface area contributed by atoms with Crippen molar-refractivity contribution in [2.75, 3.05) is 6.54 Å². The van der Waals surface area contributed by atoms with E-state index in [0.717, 1.165) is 18.2 Å². The van der Waals surface area contributed by atoms with Crippen molar-refractivity contribution in [2.45, 2.75) is 18.6 Å². The quantitative estimate of drug-likeness (QED) is 0.778. The van der Waals surface area contributed by atoms with Crippen LogP contribution in [0, 0.1) is 11.6 Å². The first kappa shape index (κ1) is 15.7. The number of pyridine rings is 1. The lowest BCUT2D eigenvalue weighted by Gasteiger charge is -2.25. The first-order valence-corrected chi connectivity index (χ1v) is 7.89. The van der Waals surface area contributed by atoms with E-state index in [2.05, 4.69) is 4.98 Å². The van der Waals surface area contributed by atoms with Gasteiger partial charge < -0.3 is 14.4 Å². The molecule has 1 amide bonds. The molecule has 0 bridgehead atoms. The summed E-state index contributed by atoms with van der Waals surface area (Å²) in [4.78, 5) is 18.4. The number of nitrogens with zero attached hydrogens (tertiary/aromatic N) is 3. The number of β-amino-alcohol motifs (C(OH)–C–C–N with tert-alkyl or cyclic N) is 1. The molecule has 2 atom stereocenters. The number of hydrogen-bond donors (Lipinski definition) is 1. The van der Waals surface area contributed by atoms with Gasteiger partial charge in [-0.05, 0) is 36.8 Å². The smallest absolute Gasteiger partial charge is 0.255 e. The fraction of sp³-hybridized carbons (Fsp3) is 0.222. The fourth-order valence-electron chi connectivity index (χ4n) is 3.32. The SMILES string of the molecule is O=C(c1ccc2nccn2c1)N1C[C@@H](O)C[C@H]1c1cc(F)ccc1F. The van der Waals surface area contributed by atoms with E-state index >= 15 is 0 Å². The summed E-state index contributed by atoms with van der Waals surface area (Å²) >= 11 is 0. The molecule has 0 aliphatic carbocycles. The molecule has 3 aromatic rings. The highest BCUT2D eigenvalue weighted by Crippen LogP contribution is 2.35. The number of imidazole rings is 1. The Kier molecular flexibility index (Phi) is 3.73. The number of fused-ring (bicyclic) bond motifs is 1. The third-order valence-corrected chi connectivity index (χ3v) is 4.49. The summed E-state index contributed by atoms with van der Waals surface area (Å²) in [6.07, 6.45) is 4.35. The van der Waals surface area contributed by atoms with Gasteiger partial charge >= 0.3 is 0 Å². The number of halogens is 2. The molecular weight excluding hydrogens is 328 g/mol. The number of amides is 1. The van der Waals surface area contributed by atoms with Gasteiger partial charge in [-0.25, -0.2) is 13.8 Å². The lowest BCUT2D eigenvalue weighted by atomic mass is 10.0. The summed E-state index contributed by atoms with van der Waals surface area (Å²) in [5, 5.41) is 10.0. The Morgan fingerprint density at radius 1 is 1.24 bits per heavy atom. The van der Waals surface area contributed by atoms with E-state index in [4.69, 9.17) is 0 Å². The number of aliphatic hydroxyl groups excluding tert-OH is 1.